The molecule has 0 radical (unpaired) electrons. The van der Waals surface area contributed by atoms with Gasteiger partial charge < -0.3 is 10.1 Å². The fraction of sp³-hybridized carbons (Fsp3) is 0.0833. The lowest BCUT2D eigenvalue weighted by Crippen LogP contribution is -2.00. The normalized spacial score (nSPS) is 11.2. The zero-order valence-electron chi connectivity index (χ0n) is 17.3. The number of aryl methyl sites for hydroxylation is 2. The maximum Gasteiger partial charge on any atom is 0.344 e. The van der Waals surface area contributed by atoms with Gasteiger partial charge in [-0.3, -0.25) is 9.17 Å². The van der Waals surface area contributed by atoms with Gasteiger partial charge in [0.2, 0.25) is 0 Å². The monoisotopic (exact) mass is 442 g/mol. The molecule has 0 saturated carbocycles. The summed E-state index contributed by atoms with van der Waals surface area (Å²) in [6.45, 7) is 3.76. The van der Waals surface area contributed by atoms with E-state index in [4.69, 9.17) is 0 Å². The Balaban J connectivity index is 1.62. The molecule has 0 aliphatic rings. The predicted octanol–water partition coefficient (Wildman–Crippen LogP) is 5.02. The second-order valence-electron chi connectivity index (χ2n) is 7.50. The number of rotatable bonds is 4. The summed E-state index contributed by atoms with van der Waals surface area (Å²) >= 11 is 0.963. The molecule has 0 fully saturated rings. The van der Waals surface area contributed by atoms with E-state index >= 15 is 0 Å². The van der Waals surface area contributed by atoms with E-state index in [-0.39, 0.29) is 10.4 Å². The van der Waals surface area contributed by atoms with Crippen LogP contribution in [0.1, 0.15) is 21.7 Å². The number of carboxylic acids is 1. The number of aromatic nitrogens is 4. The van der Waals surface area contributed by atoms with Gasteiger partial charge in [0.05, 0.1) is 16.6 Å². The van der Waals surface area contributed by atoms with E-state index in [0.29, 0.717) is 22.7 Å². The van der Waals surface area contributed by atoms with Crippen LogP contribution in [0, 0.1) is 13.8 Å². The zero-order chi connectivity index (χ0) is 22.4. The van der Waals surface area contributed by atoms with Gasteiger partial charge in [-0.25, -0.2) is 9.78 Å². The van der Waals surface area contributed by atoms with Crippen LogP contribution in [-0.2, 0) is 0 Å². The van der Waals surface area contributed by atoms with E-state index in [0.717, 1.165) is 44.9 Å². The van der Waals surface area contributed by atoms with Crippen molar-refractivity contribution in [2.24, 2.45) is 0 Å². The molecule has 0 unspecified atom stereocenters. The van der Waals surface area contributed by atoms with Gasteiger partial charge >= 0.3 is 10.8 Å². The highest BCUT2D eigenvalue weighted by Gasteiger charge is 2.18. The molecular formula is C24H18N4O3S. The van der Waals surface area contributed by atoms with Crippen molar-refractivity contribution >= 4 is 28.5 Å². The number of hydrogen-bond donors (Lipinski definition) is 3. The van der Waals surface area contributed by atoms with Gasteiger partial charge in [-0.2, -0.15) is 4.98 Å². The second kappa shape index (κ2) is 7.58. The Labute approximate surface area is 186 Å². The lowest BCUT2D eigenvalue weighted by molar-refractivity contribution is 0.0699. The van der Waals surface area contributed by atoms with Crippen molar-refractivity contribution in [2.75, 3.05) is 0 Å². The number of fused-ring (bicyclic) bond motifs is 1. The molecule has 0 aliphatic heterocycles. The first-order chi connectivity index (χ1) is 15.4. The van der Waals surface area contributed by atoms with Crippen molar-refractivity contribution in [3.8, 4) is 33.6 Å². The fourth-order valence-corrected chi connectivity index (χ4v) is 4.47. The summed E-state index contributed by atoms with van der Waals surface area (Å²) in [5.74, 6) is 0.221. The summed E-state index contributed by atoms with van der Waals surface area (Å²) in [4.78, 5) is 34.7. The molecule has 2 aromatic heterocycles. The Morgan fingerprint density at radius 1 is 0.938 bits per heavy atom. The molecule has 0 amide bonds. The second-order valence-corrected chi connectivity index (χ2v) is 8.26. The average molecular weight is 443 g/mol. The molecule has 0 aliphatic carbocycles. The molecule has 32 heavy (non-hydrogen) atoms. The van der Waals surface area contributed by atoms with Crippen molar-refractivity contribution in [3.05, 3.63) is 81.2 Å². The topological polar surface area (TPSA) is 112 Å². The first kappa shape index (κ1) is 19.9. The Kier molecular flexibility index (Phi) is 4.71. The van der Waals surface area contributed by atoms with Crippen molar-refractivity contribution in [1.29, 1.82) is 0 Å². The van der Waals surface area contributed by atoms with Crippen molar-refractivity contribution in [3.63, 3.8) is 0 Å². The summed E-state index contributed by atoms with van der Waals surface area (Å²) in [5.41, 5.74) is 6.80. The van der Waals surface area contributed by atoms with Gasteiger partial charge in [0.25, 0.3) is 0 Å². The highest BCUT2D eigenvalue weighted by Crippen LogP contribution is 2.35. The highest BCUT2D eigenvalue weighted by molar-refractivity contribution is 7.03. The van der Waals surface area contributed by atoms with Gasteiger partial charge in [-0.15, -0.1) is 0 Å². The summed E-state index contributed by atoms with van der Waals surface area (Å²) < 4.78 is 2.96. The number of benzene rings is 3. The van der Waals surface area contributed by atoms with Crippen molar-refractivity contribution in [2.45, 2.75) is 13.8 Å². The van der Waals surface area contributed by atoms with Crippen LogP contribution in [0.15, 0.2) is 59.4 Å². The number of imidazole rings is 1. The van der Waals surface area contributed by atoms with Crippen LogP contribution in [-0.4, -0.2) is 30.4 Å². The molecule has 2 heterocycles. The van der Waals surface area contributed by atoms with Gasteiger partial charge in [0, 0.05) is 17.1 Å². The van der Waals surface area contributed by atoms with E-state index in [1.54, 1.807) is 6.07 Å². The molecule has 3 N–H and O–H groups in total. The van der Waals surface area contributed by atoms with Crippen molar-refractivity contribution < 1.29 is 9.90 Å². The quantitative estimate of drug-likeness (QED) is 0.362. The Morgan fingerprint density at radius 2 is 1.59 bits per heavy atom. The average Bonchev–Trinajstić information content (AvgIpc) is 3.40. The number of nitrogens with one attached hydrogen (secondary N) is 2. The van der Waals surface area contributed by atoms with Crippen LogP contribution >= 0.6 is 11.5 Å². The summed E-state index contributed by atoms with van der Waals surface area (Å²) in [7, 11) is 0. The van der Waals surface area contributed by atoms with Crippen LogP contribution < -0.4 is 4.87 Å². The van der Waals surface area contributed by atoms with Crippen LogP contribution in [0.5, 0.6) is 0 Å². The first-order valence-corrected chi connectivity index (χ1v) is 10.7. The van der Waals surface area contributed by atoms with E-state index in [1.165, 1.54) is 0 Å². The maximum absolute atomic E-state index is 11.9. The third-order valence-corrected chi connectivity index (χ3v) is 6.06. The maximum atomic E-state index is 11.9. The Bertz CT molecular complexity index is 1540. The minimum absolute atomic E-state index is 0.197. The lowest BCUT2D eigenvalue weighted by Gasteiger charge is -2.11. The van der Waals surface area contributed by atoms with E-state index in [9.17, 15) is 14.7 Å². The van der Waals surface area contributed by atoms with Crippen LogP contribution in [0.25, 0.3) is 44.7 Å². The molecule has 0 bridgehead atoms. The molecule has 7 nitrogen and oxygen atoms in total. The van der Waals surface area contributed by atoms with Crippen LogP contribution in [0.3, 0.4) is 0 Å². The van der Waals surface area contributed by atoms with Gasteiger partial charge in [-0.05, 0) is 47.7 Å². The van der Waals surface area contributed by atoms with Crippen LogP contribution in [0.4, 0.5) is 0 Å². The highest BCUT2D eigenvalue weighted by atomic mass is 32.1. The Hall–Kier alpha value is -4.04. The minimum Gasteiger partial charge on any atom is -0.478 e. The molecule has 3 aromatic carbocycles. The Morgan fingerprint density at radius 3 is 2.22 bits per heavy atom. The standard InChI is InChI=1S/C24H18N4O3S/c1-12-18(11-19(23(29)30)21-20(12)25-13(2)26-21)15-9-7-14(8-10-15)16-5-3-4-6-17(16)22-27-24(31)32-28-22/h3-11H,1-2H3,(H,25,26)(H,29,30)(H,27,28,31). The largest absolute Gasteiger partial charge is 0.478 e. The smallest absolute Gasteiger partial charge is 0.344 e. The van der Waals surface area contributed by atoms with E-state index in [2.05, 4.69) is 19.3 Å². The molecular weight excluding hydrogens is 424 g/mol. The lowest BCUT2D eigenvalue weighted by atomic mass is 9.93. The number of carboxylic acid groups (broad SMARTS) is 1. The molecule has 0 spiro atoms. The van der Waals surface area contributed by atoms with Gasteiger partial charge in [-0.1, -0.05) is 48.5 Å². The summed E-state index contributed by atoms with van der Waals surface area (Å²) in [6, 6.07) is 17.3. The van der Waals surface area contributed by atoms with Crippen LogP contribution in [0.2, 0.25) is 0 Å². The van der Waals surface area contributed by atoms with E-state index < -0.39 is 5.97 Å². The number of aromatic carboxylic acids is 1. The number of hydrogen-bond acceptors (Lipinski definition) is 5. The third kappa shape index (κ3) is 3.30. The number of H-pyrrole nitrogens is 2. The summed E-state index contributed by atoms with van der Waals surface area (Å²) in [6.07, 6.45) is 0. The van der Waals surface area contributed by atoms with Gasteiger partial charge in [0.15, 0.2) is 5.82 Å². The number of aromatic amines is 2. The molecule has 8 heteroatoms. The van der Waals surface area contributed by atoms with E-state index in [1.807, 2.05) is 62.4 Å². The molecule has 5 aromatic rings. The number of nitrogens with zero attached hydrogens (tertiary/aromatic N) is 2. The first-order valence-electron chi connectivity index (χ1n) is 9.91. The molecule has 158 valence electrons. The van der Waals surface area contributed by atoms with Gasteiger partial charge in [0.1, 0.15) is 5.82 Å². The zero-order valence-corrected chi connectivity index (χ0v) is 18.1. The molecule has 0 atom stereocenters. The predicted molar refractivity (Wildman–Crippen MR) is 125 cm³/mol. The molecule has 5 rings (SSSR count). The SMILES string of the molecule is Cc1nc2c(C)c(-c3ccc(-c4ccccc4-c4nc(=O)s[nH]4)cc3)cc(C(=O)O)c2[nH]1. The third-order valence-electron chi connectivity index (χ3n) is 5.50. The number of carbonyl (C=O) groups is 1. The van der Waals surface area contributed by atoms with Crippen molar-refractivity contribution in [1.82, 2.24) is 19.3 Å². The molecule has 0 saturated heterocycles. The summed E-state index contributed by atoms with van der Waals surface area (Å²) in [5, 5.41) is 9.71. The fourth-order valence-electron chi connectivity index (χ4n) is 3.99. The minimum atomic E-state index is -0.997.